The summed E-state index contributed by atoms with van der Waals surface area (Å²) in [5.74, 6) is 0.338. The highest BCUT2D eigenvalue weighted by atomic mass is 16.5. The van der Waals surface area contributed by atoms with Gasteiger partial charge in [0.2, 0.25) is 5.88 Å². The number of carbonyl (C=O) groups excluding carboxylic acids is 1. The van der Waals surface area contributed by atoms with E-state index in [9.17, 15) is 4.79 Å². The Morgan fingerprint density at radius 1 is 1.24 bits per heavy atom. The fourth-order valence-electron chi connectivity index (χ4n) is 1.43. The first-order valence-electron chi connectivity index (χ1n) is 5.17. The first-order valence-corrected chi connectivity index (χ1v) is 5.17. The van der Waals surface area contributed by atoms with Crippen LogP contribution < -0.4 is 10.5 Å². The predicted molar refractivity (Wildman–Crippen MR) is 64.0 cm³/mol. The standard InChI is InChI=1S/C13H12N2O2/c1-9-5-2-3-7-11(9)17-13-10(12(14)16)6-4-8-15-13/h2-8H,1H3,(H2,14,16). The van der Waals surface area contributed by atoms with E-state index >= 15 is 0 Å². The largest absolute Gasteiger partial charge is 0.438 e. The number of rotatable bonds is 3. The third-order valence-electron chi connectivity index (χ3n) is 2.34. The van der Waals surface area contributed by atoms with E-state index in [1.807, 2.05) is 31.2 Å². The number of aromatic nitrogens is 1. The van der Waals surface area contributed by atoms with Gasteiger partial charge in [0, 0.05) is 6.20 Å². The lowest BCUT2D eigenvalue weighted by atomic mass is 10.2. The highest BCUT2D eigenvalue weighted by Crippen LogP contribution is 2.25. The molecule has 1 heterocycles. The van der Waals surface area contributed by atoms with Crippen LogP contribution in [0.25, 0.3) is 0 Å². The van der Waals surface area contributed by atoms with Gasteiger partial charge in [-0.1, -0.05) is 18.2 Å². The predicted octanol–water partition coefficient (Wildman–Crippen LogP) is 2.28. The summed E-state index contributed by atoms with van der Waals surface area (Å²) in [6.07, 6.45) is 1.56. The number of aryl methyl sites for hydroxylation is 1. The lowest BCUT2D eigenvalue weighted by molar-refractivity contribution is 0.0997. The molecular formula is C13H12N2O2. The van der Waals surface area contributed by atoms with Crippen molar-refractivity contribution in [2.75, 3.05) is 0 Å². The molecule has 86 valence electrons. The molecule has 0 saturated carbocycles. The highest BCUT2D eigenvalue weighted by Gasteiger charge is 2.11. The topological polar surface area (TPSA) is 65.2 Å². The molecule has 2 rings (SSSR count). The number of nitrogens with zero attached hydrogens (tertiary/aromatic N) is 1. The molecule has 1 aromatic carbocycles. The molecule has 0 aliphatic rings. The van der Waals surface area contributed by atoms with Crippen LogP contribution in [0.1, 0.15) is 15.9 Å². The van der Waals surface area contributed by atoms with Crippen molar-refractivity contribution >= 4 is 5.91 Å². The molecule has 1 aromatic heterocycles. The average molecular weight is 228 g/mol. The van der Waals surface area contributed by atoms with E-state index < -0.39 is 5.91 Å². The van der Waals surface area contributed by atoms with Gasteiger partial charge in [-0.25, -0.2) is 4.98 Å². The number of amides is 1. The average Bonchev–Trinajstić information content (AvgIpc) is 2.32. The summed E-state index contributed by atoms with van der Waals surface area (Å²) in [6.45, 7) is 1.92. The molecule has 0 spiro atoms. The Labute approximate surface area is 99.1 Å². The minimum Gasteiger partial charge on any atom is -0.438 e. The zero-order valence-corrected chi connectivity index (χ0v) is 9.38. The van der Waals surface area contributed by atoms with Crippen LogP contribution in [0, 0.1) is 6.92 Å². The SMILES string of the molecule is Cc1ccccc1Oc1ncccc1C(N)=O. The quantitative estimate of drug-likeness (QED) is 0.876. The number of hydrogen-bond donors (Lipinski definition) is 1. The summed E-state index contributed by atoms with van der Waals surface area (Å²) < 4.78 is 5.59. The van der Waals surface area contributed by atoms with Gasteiger partial charge in [-0.15, -0.1) is 0 Å². The fraction of sp³-hybridized carbons (Fsp3) is 0.0769. The van der Waals surface area contributed by atoms with Crippen molar-refractivity contribution in [3.63, 3.8) is 0 Å². The lowest BCUT2D eigenvalue weighted by Gasteiger charge is -2.09. The van der Waals surface area contributed by atoms with Crippen LogP contribution in [0.5, 0.6) is 11.6 Å². The van der Waals surface area contributed by atoms with Crippen molar-refractivity contribution in [2.24, 2.45) is 5.73 Å². The van der Waals surface area contributed by atoms with Crippen molar-refractivity contribution in [3.05, 3.63) is 53.7 Å². The van der Waals surface area contributed by atoms with E-state index in [1.165, 1.54) is 0 Å². The van der Waals surface area contributed by atoms with Gasteiger partial charge in [0.15, 0.2) is 0 Å². The van der Waals surface area contributed by atoms with Crippen LogP contribution in [-0.2, 0) is 0 Å². The number of hydrogen-bond acceptors (Lipinski definition) is 3. The van der Waals surface area contributed by atoms with Crippen LogP contribution >= 0.6 is 0 Å². The molecule has 4 nitrogen and oxygen atoms in total. The zero-order valence-electron chi connectivity index (χ0n) is 9.38. The second-order valence-corrected chi connectivity index (χ2v) is 3.59. The monoisotopic (exact) mass is 228 g/mol. The zero-order chi connectivity index (χ0) is 12.3. The number of ether oxygens (including phenoxy) is 1. The van der Waals surface area contributed by atoms with Crippen LogP contribution in [0.3, 0.4) is 0 Å². The minimum atomic E-state index is -0.554. The Hall–Kier alpha value is -2.36. The molecule has 17 heavy (non-hydrogen) atoms. The van der Waals surface area contributed by atoms with Gasteiger partial charge in [-0.2, -0.15) is 0 Å². The van der Waals surface area contributed by atoms with Crippen LogP contribution in [0.2, 0.25) is 0 Å². The number of primary amides is 1. The van der Waals surface area contributed by atoms with E-state index in [0.29, 0.717) is 5.75 Å². The Balaban J connectivity index is 2.37. The van der Waals surface area contributed by atoms with E-state index in [0.717, 1.165) is 5.56 Å². The maximum absolute atomic E-state index is 11.2. The summed E-state index contributed by atoms with van der Waals surface area (Å²) >= 11 is 0. The molecule has 2 N–H and O–H groups in total. The van der Waals surface area contributed by atoms with Gasteiger partial charge < -0.3 is 10.5 Å². The molecule has 0 radical (unpaired) electrons. The summed E-state index contributed by atoms with van der Waals surface area (Å²) in [5.41, 5.74) is 6.49. The molecule has 1 amide bonds. The third kappa shape index (κ3) is 2.42. The molecule has 0 saturated heterocycles. The van der Waals surface area contributed by atoms with Crippen molar-refractivity contribution < 1.29 is 9.53 Å². The summed E-state index contributed by atoms with van der Waals surface area (Å²) in [5, 5.41) is 0. The van der Waals surface area contributed by atoms with E-state index in [2.05, 4.69) is 4.98 Å². The first kappa shape index (κ1) is 11.1. The Morgan fingerprint density at radius 3 is 2.71 bits per heavy atom. The van der Waals surface area contributed by atoms with Crippen molar-refractivity contribution in [1.82, 2.24) is 4.98 Å². The van der Waals surface area contributed by atoms with Crippen molar-refractivity contribution in [1.29, 1.82) is 0 Å². The molecule has 0 fully saturated rings. The molecule has 0 aliphatic carbocycles. The van der Waals surface area contributed by atoms with E-state index in [4.69, 9.17) is 10.5 Å². The lowest BCUT2D eigenvalue weighted by Crippen LogP contribution is -2.12. The maximum Gasteiger partial charge on any atom is 0.254 e. The Morgan fingerprint density at radius 2 is 2.00 bits per heavy atom. The summed E-state index contributed by atoms with van der Waals surface area (Å²) in [7, 11) is 0. The number of benzene rings is 1. The number of pyridine rings is 1. The molecule has 0 aliphatic heterocycles. The summed E-state index contributed by atoms with van der Waals surface area (Å²) in [6, 6.07) is 10.7. The third-order valence-corrected chi connectivity index (χ3v) is 2.34. The molecular weight excluding hydrogens is 216 g/mol. The summed E-state index contributed by atoms with van der Waals surface area (Å²) in [4.78, 5) is 15.2. The number of nitrogens with two attached hydrogens (primary N) is 1. The van der Waals surface area contributed by atoms with E-state index in [1.54, 1.807) is 18.3 Å². The first-order chi connectivity index (χ1) is 8.18. The minimum absolute atomic E-state index is 0.231. The van der Waals surface area contributed by atoms with Crippen LogP contribution in [-0.4, -0.2) is 10.9 Å². The number of carbonyl (C=O) groups is 1. The molecule has 0 bridgehead atoms. The van der Waals surface area contributed by atoms with Crippen molar-refractivity contribution in [2.45, 2.75) is 6.92 Å². The van der Waals surface area contributed by atoms with Gasteiger partial charge in [0.05, 0.1) is 0 Å². The maximum atomic E-state index is 11.2. The smallest absolute Gasteiger partial charge is 0.254 e. The van der Waals surface area contributed by atoms with Crippen LogP contribution in [0.15, 0.2) is 42.6 Å². The number of para-hydroxylation sites is 1. The molecule has 0 atom stereocenters. The second kappa shape index (κ2) is 4.65. The van der Waals surface area contributed by atoms with Gasteiger partial charge in [-0.3, -0.25) is 4.79 Å². The Kier molecular flexibility index (Phi) is 3.05. The Bertz CT molecular complexity index is 553. The van der Waals surface area contributed by atoms with E-state index in [-0.39, 0.29) is 11.4 Å². The van der Waals surface area contributed by atoms with Crippen molar-refractivity contribution in [3.8, 4) is 11.6 Å². The normalized spacial score (nSPS) is 9.94. The van der Waals surface area contributed by atoms with Crippen LogP contribution in [0.4, 0.5) is 0 Å². The molecule has 2 aromatic rings. The highest BCUT2D eigenvalue weighted by molar-refractivity contribution is 5.95. The van der Waals surface area contributed by atoms with Gasteiger partial charge in [0.1, 0.15) is 11.3 Å². The van der Waals surface area contributed by atoms with Gasteiger partial charge >= 0.3 is 0 Å². The van der Waals surface area contributed by atoms with Gasteiger partial charge in [-0.05, 0) is 30.7 Å². The molecule has 0 unspecified atom stereocenters. The fourth-order valence-corrected chi connectivity index (χ4v) is 1.43. The second-order valence-electron chi connectivity index (χ2n) is 3.59. The van der Waals surface area contributed by atoms with Gasteiger partial charge in [0.25, 0.3) is 5.91 Å². The molecule has 4 heteroatoms.